The van der Waals surface area contributed by atoms with Crippen LogP contribution >= 0.6 is 22.7 Å². The molecule has 2 aromatic carbocycles. The molecule has 1 N–H and O–H groups in total. The highest BCUT2D eigenvalue weighted by Crippen LogP contribution is 2.36. The number of rotatable bonds is 4. The van der Waals surface area contributed by atoms with Gasteiger partial charge in [-0.25, -0.2) is 9.97 Å². The first-order chi connectivity index (χ1) is 13.5. The quantitative estimate of drug-likeness (QED) is 0.362. The van der Waals surface area contributed by atoms with Gasteiger partial charge in [-0.15, -0.1) is 26.3 Å². The van der Waals surface area contributed by atoms with Gasteiger partial charge in [0.2, 0.25) is 0 Å². The van der Waals surface area contributed by atoms with E-state index in [0.717, 1.165) is 34.8 Å². The molecule has 0 aliphatic carbocycles. The normalized spacial score (nSPS) is 12.5. The highest BCUT2D eigenvalue weighted by Gasteiger charge is 2.32. The fourth-order valence-corrected chi connectivity index (χ4v) is 4.25. The van der Waals surface area contributed by atoms with E-state index in [2.05, 4.69) is 24.8 Å². The van der Waals surface area contributed by atoms with E-state index in [1.54, 1.807) is 0 Å². The first-order valence-corrected chi connectivity index (χ1v) is 9.27. The zero-order valence-electron chi connectivity index (χ0n) is 13.8. The fraction of sp³-hybridized carbons (Fsp3) is 0.125. The Labute approximate surface area is 165 Å². The van der Waals surface area contributed by atoms with Gasteiger partial charge in [-0.2, -0.15) is 0 Å². The summed E-state index contributed by atoms with van der Waals surface area (Å²) in [6.45, 7) is 0. The minimum Gasteiger partial charge on any atom is -0.406 e. The number of benzene rings is 2. The SMILES string of the molecule is FC(F)(F)Oc1ccc2nc(Nc3nc4ccc(OC(F)(F)F)cc4s3)sc2c1. The van der Waals surface area contributed by atoms with Gasteiger partial charge in [0, 0.05) is 12.1 Å². The topological polar surface area (TPSA) is 56.3 Å². The summed E-state index contributed by atoms with van der Waals surface area (Å²) >= 11 is 2.15. The van der Waals surface area contributed by atoms with Crippen LogP contribution < -0.4 is 14.8 Å². The van der Waals surface area contributed by atoms with Gasteiger partial charge in [0.25, 0.3) is 0 Å². The number of thiazole rings is 2. The van der Waals surface area contributed by atoms with Crippen molar-refractivity contribution in [3.8, 4) is 11.5 Å². The maximum Gasteiger partial charge on any atom is 0.573 e. The number of anilines is 2. The summed E-state index contributed by atoms with van der Waals surface area (Å²) < 4.78 is 82.6. The monoisotopic (exact) mass is 451 g/mol. The molecule has 2 heterocycles. The lowest BCUT2D eigenvalue weighted by Crippen LogP contribution is -2.16. The Kier molecular flexibility index (Phi) is 4.65. The van der Waals surface area contributed by atoms with Gasteiger partial charge in [-0.3, -0.25) is 0 Å². The number of nitrogens with zero attached hydrogens (tertiary/aromatic N) is 2. The molecule has 0 bridgehead atoms. The first kappa shape index (κ1) is 19.5. The molecule has 0 fully saturated rings. The molecule has 5 nitrogen and oxygen atoms in total. The molecule has 0 amide bonds. The van der Waals surface area contributed by atoms with Crippen LogP contribution in [0, 0.1) is 0 Å². The Hall–Kier alpha value is -2.80. The Morgan fingerprint density at radius 3 is 1.48 bits per heavy atom. The molecule has 0 saturated carbocycles. The van der Waals surface area contributed by atoms with Crippen LogP contribution in [0.3, 0.4) is 0 Å². The molecular formula is C16H7F6N3O2S2. The highest BCUT2D eigenvalue weighted by molar-refractivity contribution is 7.24. The number of nitrogens with one attached hydrogen (secondary N) is 1. The molecule has 13 heteroatoms. The van der Waals surface area contributed by atoms with Crippen LogP contribution in [0.15, 0.2) is 36.4 Å². The van der Waals surface area contributed by atoms with E-state index in [4.69, 9.17) is 0 Å². The minimum atomic E-state index is -4.80. The molecule has 0 aliphatic heterocycles. The number of aromatic nitrogens is 2. The number of alkyl halides is 6. The largest absolute Gasteiger partial charge is 0.573 e. The molecule has 0 saturated heterocycles. The van der Waals surface area contributed by atoms with Crippen LogP contribution in [0.25, 0.3) is 20.4 Å². The lowest BCUT2D eigenvalue weighted by molar-refractivity contribution is -0.275. The molecule has 4 aromatic rings. The Morgan fingerprint density at radius 1 is 0.690 bits per heavy atom. The van der Waals surface area contributed by atoms with Crippen molar-refractivity contribution >= 4 is 53.4 Å². The number of ether oxygens (including phenoxy) is 2. The molecule has 0 aliphatic rings. The van der Waals surface area contributed by atoms with Crippen LogP contribution in [0.1, 0.15) is 0 Å². The molecule has 152 valence electrons. The molecule has 0 spiro atoms. The summed E-state index contributed by atoms with van der Waals surface area (Å²) in [5.41, 5.74) is 0.906. The summed E-state index contributed by atoms with van der Waals surface area (Å²) in [5, 5.41) is 3.62. The molecule has 29 heavy (non-hydrogen) atoms. The standard InChI is InChI=1S/C16H7F6N3O2S2/c17-15(18,19)26-7-1-3-9-11(5-7)28-13(23-9)25-14-24-10-4-2-8(6-12(10)29-14)27-16(20,21)22/h1-6H,(H,23,24,25). The first-order valence-electron chi connectivity index (χ1n) is 7.64. The second kappa shape index (κ2) is 6.91. The number of halogens is 6. The average molecular weight is 451 g/mol. The van der Waals surface area contributed by atoms with Crippen LogP contribution in [0.2, 0.25) is 0 Å². The molecule has 0 radical (unpaired) electrons. The molecule has 0 unspecified atom stereocenters. The van der Waals surface area contributed by atoms with E-state index >= 15 is 0 Å². The molecule has 4 rings (SSSR count). The predicted octanol–water partition coefficient (Wildman–Crippen LogP) is 6.45. The van der Waals surface area contributed by atoms with Crippen molar-refractivity contribution in [1.29, 1.82) is 0 Å². The maximum absolute atomic E-state index is 12.3. The van der Waals surface area contributed by atoms with Crippen molar-refractivity contribution in [2.75, 3.05) is 5.32 Å². The molecule has 2 aromatic heterocycles. The van der Waals surface area contributed by atoms with Gasteiger partial charge in [-0.05, 0) is 24.3 Å². The second-order valence-corrected chi connectivity index (χ2v) is 7.58. The molecular weight excluding hydrogens is 444 g/mol. The number of fused-ring (bicyclic) bond motifs is 2. The Bertz CT molecular complexity index is 1090. The van der Waals surface area contributed by atoms with Gasteiger partial charge in [0.15, 0.2) is 10.3 Å². The van der Waals surface area contributed by atoms with Crippen molar-refractivity contribution in [3.05, 3.63) is 36.4 Å². The van der Waals surface area contributed by atoms with E-state index in [1.807, 2.05) is 0 Å². The zero-order valence-corrected chi connectivity index (χ0v) is 15.4. The summed E-state index contributed by atoms with van der Waals surface area (Å²) in [5.74, 6) is -0.727. The zero-order chi connectivity index (χ0) is 20.8. The van der Waals surface area contributed by atoms with Crippen LogP contribution in [0.4, 0.5) is 36.6 Å². The maximum atomic E-state index is 12.3. The summed E-state index contributed by atoms with van der Waals surface area (Å²) in [4.78, 5) is 8.49. The smallest absolute Gasteiger partial charge is 0.406 e. The van der Waals surface area contributed by atoms with E-state index in [9.17, 15) is 26.3 Å². The van der Waals surface area contributed by atoms with E-state index in [-0.39, 0.29) is 11.5 Å². The Balaban J connectivity index is 1.56. The van der Waals surface area contributed by atoms with Gasteiger partial charge >= 0.3 is 12.7 Å². The summed E-state index contributed by atoms with van der Waals surface area (Å²) in [6, 6.07) is 7.50. The van der Waals surface area contributed by atoms with Crippen molar-refractivity contribution in [1.82, 2.24) is 9.97 Å². The lowest BCUT2D eigenvalue weighted by Gasteiger charge is -2.07. The number of hydrogen-bond donors (Lipinski definition) is 1. The van der Waals surface area contributed by atoms with E-state index < -0.39 is 12.7 Å². The van der Waals surface area contributed by atoms with Gasteiger partial charge in [-0.1, -0.05) is 22.7 Å². The third kappa shape index (κ3) is 4.79. The van der Waals surface area contributed by atoms with Gasteiger partial charge in [0.05, 0.1) is 20.4 Å². The van der Waals surface area contributed by atoms with E-state index in [0.29, 0.717) is 30.7 Å². The predicted molar refractivity (Wildman–Crippen MR) is 95.9 cm³/mol. The second-order valence-electron chi connectivity index (χ2n) is 5.52. The minimum absolute atomic E-state index is 0.356. The number of hydrogen-bond acceptors (Lipinski definition) is 7. The van der Waals surface area contributed by atoms with Crippen LogP contribution in [0.5, 0.6) is 11.5 Å². The van der Waals surface area contributed by atoms with Gasteiger partial charge in [0.1, 0.15) is 11.5 Å². The van der Waals surface area contributed by atoms with Gasteiger partial charge < -0.3 is 14.8 Å². The molecule has 0 atom stereocenters. The van der Waals surface area contributed by atoms with Crippen molar-refractivity contribution in [2.45, 2.75) is 12.7 Å². The van der Waals surface area contributed by atoms with E-state index in [1.165, 1.54) is 24.3 Å². The Morgan fingerprint density at radius 2 is 1.10 bits per heavy atom. The van der Waals surface area contributed by atoms with Crippen molar-refractivity contribution in [3.63, 3.8) is 0 Å². The summed E-state index contributed by atoms with van der Waals surface area (Å²) in [6.07, 6.45) is -9.59. The third-order valence-corrected chi connectivity index (χ3v) is 5.27. The highest BCUT2D eigenvalue weighted by atomic mass is 32.1. The lowest BCUT2D eigenvalue weighted by atomic mass is 10.3. The summed E-state index contributed by atoms with van der Waals surface area (Å²) in [7, 11) is 0. The van der Waals surface area contributed by atoms with Crippen molar-refractivity contribution in [2.24, 2.45) is 0 Å². The van der Waals surface area contributed by atoms with Crippen LogP contribution in [-0.4, -0.2) is 22.7 Å². The fourth-order valence-electron chi connectivity index (χ4n) is 2.40. The average Bonchev–Trinajstić information content (AvgIpc) is 3.13. The third-order valence-electron chi connectivity index (χ3n) is 3.40. The van der Waals surface area contributed by atoms with Crippen molar-refractivity contribution < 1.29 is 35.8 Å². The van der Waals surface area contributed by atoms with Crippen LogP contribution in [-0.2, 0) is 0 Å².